The summed E-state index contributed by atoms with van der Waals surface area (Å²) < 4.78 is 51.6. The van der Waals surface area contributed by atoms with Crippen molar-refractivity contribution in [3.8, 4) is 5.69 Å². The molecule has 0 spiro atoms. The number of benzene rings is 1. The van der Waals surface area contributed by atoms with Gasteiger partial charge >= 0.3 is 5.97 Å². The fraction of sp³-hybridized carbons (Fsp3) is 0.333. The van der Waals surface area contributed by atoms with E-state index in [1.165, 1.54) is 50.3 Å². The number of sulfonamides is 1. The third-order valence-corrected chi connectivity index (χ3v) is 6.98. The first-order valence-electron chi connectivity index (χ1n) is 10.5. The summed E-state index contributed by atoms with van der Waals surface area (Å²) >= 11 is 0. The molecule has 1 aliphatic rings. The summed E-state index contributed by atoms with van der Waals surface area (Å²) in [6.45, 7) is 3.73. The lowest BCUT2D eigenvalue weighted by atomic mass is 10.3. The summed E-state index contributed by atoms with van der Waals surface area (Å²) in [5.74, 6) is -1.37. The van der Waals surface area contributed by atoms with Crippen LogP contribution in [0.1, 0.15) is 33.9 Å². The number of piperazine rings is 1. The lowest BCUT2D eigenvalue weighted by molar-refractivity contribution is 0.0483. The second kappa shape index (κ2) is 9.35. The third-order valence-electron chi connectivity index (χ3n) is 5.21. The van der Waals surface area contributed by atoms with Crippen molar-refractivity contribution in [2.45, 2.75) is 18.9 Å². The first-order valence-corrected chi connectivity index (χ1v) is 11.9. The average molecular weight is 492 g/mol. The average Bonchev–Trinajstić information content (AvgIpc) is 3.47. The Bertz CT molecular complexity index is 1310. The minimum atomic E-state index is -3.99. The lowest BCUT2D eigenvalue weighted by Crippen LogP contribution is -2.50. The highest BCUT2D eigenvalue weighted by molar-refractivity contribution is 7.89. The van der Waals surface area contributed by atoms with Crippen LogP contribution in [0.15, 0.2) is 45.9 Å². The SMILES string of the molecule is CCOC(=O)c1ccc(S(=O)(=O)N2CCN(C(=O)c3nc(C)n(-c4ccc(F)cc4)n3)CC2)o1. The summed E-state index contributed by atoms with van der Waals surface area (Å²) in [6.07, 6.45) is 0. The molecule has 0 saturated carbocycles. The van der Waals surface area contributed by atoms with E-state index in [4.69, 9.17) is 9.15 Å². The van der Waals surface area contributed by atoms with Gasteiger partial charge in [0.05, 0.1) is 12.3 Å². The number of hydrogen-bond acceptors (Lipinski definition) is 8. The second-order valence-corrected chi connectivity index (χ2v) is 9.28. The van der Waals surface area contributed by atoms with Gasteiger partial charge in [-0.1, -0.05) is 0 Å². The summed E-state index contributed by atoms with van der Waals surface area (Å²) in [6, 6.07) is 8.07. The zero-order valence-corrected chi connectivity index (χ0v) is 19.3. The third kappa shape index (κ3) is 4.56. The van der Waals surface area contributed by atoms with E-state index in [0.29, 0.717) is 11.5 Å². The van der Waals surface area contributed by atoms with Crippen LogP contribution in [-0.4, -0.2) is 77.0 Å². The molecule has 180 valence electrons. The molecule has 2 aromatic heterocycles. The molecule has 0 unspecified atom stereocenters. The van der Waals surface area contributed by atoms with Gasteiger partial charge in [0.1, 0.15) is 11.6 Å². The molecule has 4 rings (SSSR count). The predicted octanol–water partition coefficient (Wildman–Crippen LogP) is 1.63. The van der Waals surface area contributed by atoms with Crippen molar-refractivity contribution in [1.29, 1.82) is 0 Å². The number of halogens is 1. The van der Waals surface area contributed by atoms with Crippen LogP contribution in [0, 0.1) is 12.7 Å². The number of ether oxygens (including phenoxy) is 1. The number of amides is 1. The molecule has 1 saturated heterocycles. The summed E-state index contributed by atoms with van der Waals surface area (Å²) in [5.41, 5.74) is 0.557. The topological polar surface area (TPSA) is 128 Å². The van der Waals surface area contributed by atoms with Crippen molar-refractivity contribution in [3.05, 3.63) is 59.6 Å². The van der Waals surface area contributed by atoms with Gasteiger partial charge < -0.3 is 14.1 Å². The molecule has 1 aromatic carbocycles. The highest BCUT2D eigenvalue weighted by Gasteiger charge is 2.34. The molecule has 0 atom stereocenters. The normalized spacial score (nSPS) is 14.9. The van der Waals surface area contributed by atoms with Gasteiger partial charge in [0.2, 0.25) is 16.7 Å². The highest BCUT2D eigenvalue weighted by atomic mass is 32.2. The number of aromatic nitrogens is 3. The van der Waals surface area contributed by atoms with Crippen molar-refractivity contribution in [3.63, 3.8) is 0 Å². The number of rotatable bonds is 6. The Balaban J connectivity index is 1.43. The van der Waals surface area contributed by atoms with Crippen LogP contribution in [0.2, 0.25) is 0 Å². The molecule has 11 nitrogen and oxygen atoms in total. The Morgan fingerprint density at radius 3 is 2.41 bits per heavy atom. The minimum absolute atomic E-state index is 0.0289. The fourth-order valence-corrected chi connectivity index (χ4v) is 4.81. The van der Waals surface area contributed by atoms with Crippen LogP contribution in [0.4, 0.5) is 4.39 Å². The van der Waals surface area contributed by atoms with Crippen LogP contribution in [0.3, 0.4) is 0 Å². The van der Waals surface area contributed by atoms with E-state index in [2.05, 4.69) is 10.1 Å². The van der Waals surface area contributed by atoms with Gasteiger partial charge in [-0.05, 0) is 50.2 Å². The molecular formula is C21H22FN5O6S. The van der Waals surface area contributed by atoms with Gasteiger partial charge in [-0.25, -0.2) is 27.3 Å². The Morgan fingerprint density at radius 1 is 1.09 bits per heavy atom. The first-order chi connectivity index (χ1) is 16.2. The van der Waals surface area contributed by atoms with E-state index in [1.54, 1.807) is 13.8 Å². The van der Waals surface area contributed by atoms with Crippen LogP contribution in [-0.2, 0) is 14.8 Å². The molecule has 13 heteroatoms. The smallest absolute Gasteiger partial charge is 0.374 e. The molecular weight excluding hydrogens is 469 g/mol. The molecule has 0 N–H and O–H groups in total. The molecule has 1 fully saturated rings. The molecule has 3 aromatic rings. The maximum Gasteiger partial charge on any atom is 0.374 e. The van der Waals surface area contributed by atoms with E-state index in [0.717, 1.165) is 0 Å². The summed E-state index contributed by atoms with van der Waals surface area (Å²) in [7, 11) is -3.99. The number of nitrogens with zero attached hydrogens (tertiary/aromatic N) is 5. The maximum atomic E-state index is 13.2. The predicted molar refractivity (Wildman–Crippen MR) is 115 cm³/mol. The van der Waals surface area contributed by atoms with Crippen molar-refractivity contribution >= 4 is 21.9 Å². The van der Waals surface area contributed by atoms with E-state index >= 15 is 0 Å². The molecule has 1 aliphatic heterocycles. The van der Waals surface area contributed by atoms with Gasteiger partial charge in [-0.3, -0.25) is 4.79 Å². The number of hydrogen-bond donors (Lipinski definition) is 0. The Morgan fingerprint density at radius 2 is 1.76 bits per heavy atom. The molecule has 3 heterocycles. The minimum Gasteiger partial charge on any atom is -0.460 e. The van der Waals surface area contributed by atoms with Crippen LogP contribution < -0.4 is 0 Å². The maximum absolute atomic E-state index is 13.2. The summed E-state index contributed by atoms with van der Waals surface area (Å²) in [5, 5.41) is 3.87. The van der Waals surface area contributed by atoms with Crippen LogP contribution >= 0.6 is 0 Å². The van der Waals surface area contributed by atoms with Crippen molar-refractivity contribution < 1.29 is 31.6 Å². The second-order valence-electron chi connectivity index (χ2n) is 7.41. The number of aryl methyl sites for hydroxylation is 1. The first kappa shape index (κ1) is 23.6. The summed E-state index contributed by atoms with van der Waals surface area (Å²) in [4.78, 5) is 30.3. The van der Waals surface area contributed by atoms with Crippen LogP contribution in [0.25, 0.3) is 5.69 Å². The zero-order valence-electron chi connectivity index (χ0n) is 18.5. The van der Waals surface area contributed by atoms with Crippen molar-refractivity contribution in [2.24, 2.45) is 0 Å². The van der Waals surface area contributed by atoms with Gasteiger partial charge in [-0.2, -0.15) is 4.31 Å². The number of carbonyl (C=O) groups is 2. The monoisotopic (exact) mass is 491 g/mol. The molecule has 1 amide bonds. The van der Waals surface area contributed by atoms with E-state index in [-0.39, 0.29) is 49.5 Å². The molecule has 0 bridgehead atoms. The Kier molecular flexibility index (Phi) is 6.48. The van der Waals surface area contributed by atoms with Crippen molar-refractivity contribution in [2.75, 3.05) is 32.8 Å². The Hall–Kier alpha value is -3.58. The fourth-order valence-electron chi connectivity index (χ4n) is 3.48. The van der Waals surface area contributed by atoms with E-state index in [9.17, 15) is 22.4 Å². The number of esters is 1. The highest BCUT2D eigenvalue weighted by Crippen LogP contribution is 2.21. The molecule has 0 radical (unpaired) electrons. The molecule has 0 aliphatic carbocycles. The van der Waals surface area contributed by atoms with E-state index < -0.39 is 27.7 Å². The Labute approximate surface area is 194 Å². The van der Waals surface area contributed by atoms with Crippen molar-refractivity contribution in [1.82, 2.24) is 24.0 Å². The number of carbonyl (C=O) groups excluding carboxylic acids is 2. The van der Waals surface area contributed by atoms with Gasteiger partial charge in [0.25, 0.3) is 15.9 Å². The number of furan rings is 1. The lowest BCUT2D eigenvalue weighted by Gasteiger charge is -2.32. The van der Waals surface area contributed by atoms with E-state index in [1.807, 2.05) is 0 Å². The van der Waals surface area contributed by atoms with Crippen LogP contribution in [0.5, 0.6) is 0 Å². The van der Waals surface area contributed by atoms with Gasteiger partial charge in [0.15, 0.2) is 0 Å². The largest absolute Gasteiger partial charge is 0.460 e. The van der Waals surface area contributed by atoms with Gasteiger partial charge in [0, 0.05) is 26.2 Å². The standard InChI is InChI=1S/C21H22FN5O6S/c1-3-32-21(29)17-8-9-18(33-17)34(30,31)26-12-10-25(11-13-26)20(28)19-23-14(2)27(24-19)16-6-4-15(22)5-7-16/h4-9H,3,10-13H2,1-2H3. The van der Waals surface area contributed by atoms with Gasteiger partial charge in [-0.15, -0.1) is 5.10 Å². The quantitative estimate of drug-likeness (QED) is 0.476. The zero-order chi connectivity index (χ0) is 24.5. The molecule has 34 heavy (non-hydrogen) atoms.